The van der Waals surface area contributed by atoms with Crippen molar-refractivity contribution in [1.82, 2.24) is 15.5 Å². The molecule has 2 amide bonds. The van der Waals surface area contributed by atoms with Gasteiger partial charge in [0.25, 0.3) is 0 Å². The molecule has 0 spiro atoms. The minimum atomic E-state index is -0.0479. The fraction of sp³-hybridized carbons (Fsp3) is 0.800. The van der Waals surface area contributed by atoms with Crippen LogP contribution in [0.2, 0.25) is 0 Å². The van der Waals surface area contributed by atoms with Crippen molar-refractivity contribution in [2.45, 2.75) is 32.9 Å². The Morgan fingerprint density at radius 2 is 1.53 bits per heavy atom. The fourth-order valence-corrected chi connectivity index (χ4v) is 1.96. The first-order valence-corrected chi connectivity index (χ1v) is 5.29. The number of carbonyl (C=O) groups excluding carboxylic acids is 2. The molecule has 15 heavy (non-hydrogen) atoms. The first-order chi connectivity index (χ1) is 7.02. The van der Waals surface area contributed by atoms with Crippen molar-refractivity contribution in [3.63, 3.8) is 0 Å². The zero-order valence-electron chi connectivity index (χ0n) is 9.54. The van der Waals surface area contributed by atoms with E-state index in [1.54, 1.807) is 0 Å². The minimum Gasteiger partial charge on any atom is -0.350 e. The van der Waals surface area contributed by atoms with Gasteiger partial charge in [-0.2, -0.15) is 0 Å². The normalized spacial score (nSPS) is 26.3. The van der Waals surface area contributed by atoms with E-state index in [9.17, 15) is 9.59 Å². The van der Waals surface area contributed by atoms with Crippen molar-refractivity contribution in [3.8, 4) is 0 Å². The summed E-state index contributed by atoms with van der Waals surface area (Å²) in [6.45, 7) is 7.62. The van der Waals surface area contributed by atoms with Crippen molar-refractivity contribution in [1.29, 1.82) is 0 Å². The Labute approximate surface area is 90.2 Å². The van der Waals surface area contributed by atoms with Gasteiger partial charge < -0.3 is 10.6 Å². The number of likely N-dealkylation sites (N-methyl/N-ethyl adjacent to an activating group) is 1. The van der Waals surface area contributed by atoms with Crippen LogP contribution in [-0.2, 0) is 9.59 Å². The van der Waals surface area contributed by atoms with Crippen LogP contribution in [0.4, 0.5) is 0 Å². The quantitative estimate of drug-likeness (QED) is 0.653. The van der Waals surface area contributed by atoms with Gasteiger partial charge in [0, 0.05) is 26.9 Å². The topological polar surface area (TPSA) is 61.4 Å². The molecule has 86 valence electrons. The molecule has 0 aromatic heterocycles. The maximum absolute atomic E-state index is 11.0. The van der Waals surface area contributed by atoms with Crippen LogP contribution in [0.5, 0.6) is 0 Å². The monoisotopic (exact) mass is 213 g/mol. The molecule has 0 aromatic carbocycles. The van der Waals surface area contributed by atoms with E-state index in [0.29, 0.717) is 0 Å². The lowest BCUT2D eigenvalue weighted by atomic mass is 10.1. The van der Waals surface area contributed by atoms with Crippen LogP contribution in [0.3, 0.4) is 0 Å². The number of hydrogen-bond donors (Lipinski definition) is 2. The third-order valence-electron chi connectivity index (χ3n) is 2.62. The van der Waals surface area contributed by atoms with Crippen molar-refractivity contribution in [3.05, 3.63) is 0 Å². The second-order valence-electron chi connectivity index (χ2n) is 3.97. The van der Waals surface area contributed by atoms with Crippen LogP contribution in [0.15, 0.2) is 0 Å². The molecule has 1 rings (SSSR count). The SMILES string of the molecule is CCN1C[C@@H](NC(C)=O)[C@H](NC(C)=O)C1. The van der Waals surface area contributed by atoms with E-state index in [0.717, 1.165) is 19.6 Å². The molecule has 1 fully saturated rings. The first kappa shape index (κ1) is 12.0. The molecule has 0 bridgehead atoms. The molecule has 1 saturated heterocycles. The smallest absolute Gasteiger partial charge is 0.217 e. The molecular weight excluding hydrogens is 194 g/mol. The molecule has 2 N–H and O–H groups in total. The molecule has 0 aromatic rings. The molecule has 0 saturated carbocycles. The Morgan fingerprint density at radius 1 is 1.13 bits per heavy atom. The van der Waals surface area contributed by atoms with Crippen LogP contribution < -0.4 is 10.6 Å². The third-order valence-corrected chi connectivity index (χ3v) is 2.62. The van der Waals surface area contributed by atoms with Gasteiger partial charge in [0.2, 0.25) is 11.8 Å². The predicted molar refractivity (Wildman–Crippen MR) is 57.3 cm³/mol. The molecule has 0 unspecified atom stereocenters. The van der Waals surface area contributed by atoms with Gasteiger partial charge in [0.1, 0.15) is 0 Å². The number of rotatable bonds is 3. The number of amides is 2. The van der Waals surface area contributed by atoms with Crippen molar-refractivity contribution in [2.24, 2.45) is 0 Å². The largest absolute Gasteiger partial charge is 0.350 e. The molecule has 1 aliphatic heterocycles. The maximum Gasteiger partial charge on any atom is 0.217 e. The van der Waals surface area contributed by atoms with E-state index in [-0.39, 0.29) is 23.9 Å². The lowest BCUT2D eigenvalue weighted by molar-refractivity contribution is -0.122. The summed E-state index contributed by atoms with van der Waals surface area (Å²) in [6, 6.07) is 0.0673. The average molecular weight is 213 g/mol. The van der Waals surface area contributed by atoms with Crippen molar-refractivity contribution < 1.29 is 9.59 Å². The number of carbonyl (C=O) groups is 2. The average Bonchev–Trinajstić information content (AvgIpc) is 2.46. The molecule has 2 atom stereocenters. The Balaban J connectivity index is 2.56. The van der Waals surface area contributed by atoms with Crippen molar-refractivity contribution in [2.75, 3.05) is 19.6 Å². The summed E-state index contributed by atoms with van der Waals surface area (Å²) in [4.78, 5) is 24.2. The van der Waals surface area contributed by atoms with Gasteiger partial charge in [-0.15, -0.1) is 0 Å². The van der Waals surface area contributed by atoms with Gasteiger partial charge >= 0.3 is 0 Å². The van der Waals surface area contributed by atoms with Gasteiger partial charge in [-0.1, -0.05) is 6.92 Å². The van der Waals surface area contributed by atoms with Gasteiger partial charge in [-0.05, 0) is 6.54 Å². The van der Waals surface area contributed by atoms with Crippen LogP contribution in [-0.4, -0.2) is 48.4 Å². The standard InChI is InChI=1S/C10H19N3O2/c1-4-13-5-9(11-7(2)14)10(6-13)12-8(3)15/h9-10H,4-6H2,1-3H3,(H,11,14)(H,12,15)/t9-,10-/m1/s1. The Hall–Kier alpha value is -1.10. The number of hydrogen-bond acceptors (Lipinski definition) is 3. The molecule has 0 radical (unpaired) electrons. The summed E-state index contributed by atoms with van der Waals surface area (Å²) in [5.74, 6) is -0.0957. The zero-order valence-corrected chi connectivity index (χ0v) is 9.54. The van der Waals surface area contributed by atoms with E-state index >= 15 is 0 Å². The van der Waals surface area contributed by atoms with E-state index in [1.165, 1.54) is 13.8 Å². The summed E-state index contributed by atoms with van der Waals surface area (Å²) in [5, 5.41) is 5.73. The predicted octanol–water partition coefficient (Wildman–Crippen LogP) is -0.669. The van der Waals surface area contributed by atoms with E-state index in [4.69, 9.17) is 0 Å². The van der Waals surface area contributed by atoms with Gasteiger partial charge in [0.05, 0.1) is 12.1 Å². The van der Waals surface area contributed by atoms with Crippen LogP contribution >= 0.6 is 0 Å². The Kier molecular flexibility index (Phi) is 4.08. The first-order valence-electron chi connectivity index (χ1n) is 5.29. The van der Waals surface area contributed by atoms with E-state index in [1.807, 2.05) is 0 Å². The summed E-state index contributed by atoms with van der Waals surface area (Å²) < 4.78 is 0. The highest BCUT2D eigenvalue weighted by Crippen LogP contribution is 2.09. The van der Waals surface area contributed by atoms with Crippen LogP contribution in [0, 0.1) is 0 Å². The number of nitrogens with zero attached hydrogens (tertiary/aromatic N) is 1. The highest BCUT2D eigenvalue weighted by Gasteiger charge is 2.32. The molecular formula is C10H19N3O2. The minimum absolute atomic E-state index is 0.0337. The molecule has 0 aliphatic carbocycles. The maximum atomic E-state index is 11.0. The molecule has 1 aliphatic rings. The van der Waals surface area contributed by atoms with Gasteiger partial charge in [0.15, 0.2) is 0 Å². The summed E-state index contributed by atoms with van der Waals surface area (Å²) in [5.41, 5.74) is 0. The van der Waals surface area contributed by atoms with E-state index in [2.05, 4.69) is 22.5 Å². The lowest BCUT2D eigenvalue weighted by Gasteiger charge is -2.19. The summed E-state index contributed by atoms with van der Waals surface area (Å²) in [7, 11) is 0. The zero-order chi connectivity index (χ0) is 11.4. The van der Waals surface area contributed by atoms with Crippen LogP contribution in [0.25, 0.3) is 0 Å². The van der Waals surface area contributed by atoms with Crippen molar-refractivity contribution >= 4 is 11.8 Å². The van der Waals surface area contributed by atoms with E-state index < -0.39 is 0 Å². The highest BCUT2D eigenvalue weighted by atomic mass is 16.2. The molecule has 1 heterocycles. The number of likely N-dealkylation sites (tertiary alicyclic amines) is 1. The summed E-state index contributed by atoms with van der Waals surface area (Å²) >= 11 is 0. The lowest BCUT2D eigenvalue weighted by Crippen LogP contribution is -2.49. The molecule has 5 nitrogen and oxygen atoms in total. The summed E-state index contributed by atoms with van der Waals surface area (Å²) in [6.07, 6.45) is 0. The van der Waals surface area contributed by atoms with Gasteiger partial charge in [-0.3, -0.25) is 14.5 Å². The second-order valence-corrected chi connectivity index (χ2v) is 3.97. The fourth-order valence-electron chi connectivity index (χ4n) is 1.96. The Morgan fingerprint density at radius 3 is 1.80 bits per heavy atom. The van der Waals surface area contributed by atoms with Crippen LogP contribution in [0.1, 0.15) is 20.8 Å². The Bertz CT molecular complexity index is 231. The second kappa shape index (κ2) is 5.11. The number of nitrogens with one attached hydrogen (secondary N) is 2. The highest BCUT2D eigenvalue weighted by molar-refractivity contribution is 5.75. The van der Waals surface area contributed by atoms with Gasteiger partial charge in [-0.25, -0.2) is 0 Å². The third kappa shape index (κ3) is 3.51. The molecule has 5 heteroatoms.